The number of hydrogen-bond acceptors (Lipinski definition) is 2. The molecule has 1 unspecified atom stereocenters. The van der Waals surface area contributed by atoms with Gasteiger partial charge in [-0.2, -0.15) is 0 Å². The molecule has 0 saturated carbocycles. The van der Waals surface area contributed by atoms with E-state index in [1.165, 1.54) is 21.6 Å². The van der Waals surface area contributed by atoms with Gasteiger partial charge < -0.3 is 5.32 Å². The second-order valence-electron chi connectivity index (χ2n) is 5.24. The van der Waals surface area contributed by atoms with Crippen molar-refractivity contribution in [3.05, 3.63) is 64.2 Å². The topological polar surface area (TPSA) is 12.0 Å². The summed E-state index contributed by atoms with van der Waals surface area (Å²) in [6, 6.07) is 15.1. The van der Waals surface area contributed by atoms with E-state index in [9.17, 15) is 0 Å². The van der Waals surface area contributed by atoms with Crippen LogP contribution in [-0.4, -0.2) is 12.3 Å². The maximum Gasteiger partial charge on any atom is 0.0418 e. The normalized spacial score (nSPS) is 12.4. The molecule has 2 rings (SSSR count). The minimum absolute atomic E-state index is 0.360. The fourth-order valence-corrected chi connectivity index (χ4v) is 3.67. The monoisotopic (exact) mass is 319 g/mol. The molecule has 0 spiro atoms. The summed E-state index contributed by atoms with van der Waals surface area (Å²) in [7, 11) is 0. The van der Waals surface area contributed by atoms with Crippen LogP contribution in [0.25, 0.3) is 0 Å². The van der Waals surface area contributed by atoms with Gasteiger partial charge in [0.2, 0.25) is 0 Å². The van der Waals surface area contributed by atoms with Crippen molar-refractivity contribution in [3.63, 3.8) is 0 Å². The molecule has 0 bridgehead atoms. The van der Waals surface area contributed by atoms with Crippen molar-refractivity contribution in [2.45, 2.75) is 31.7 Å². The van der Waals surface area contributed by atoms with E-state index in [0.29, 0.717) is 6.04 Å². The second kappa shape index (κ2) is 7.88. The zero-order valence-corrected chi connectivity index (χ0v) is 14.4. The second-order valence-corrected chi connectivity index (χ2v) is 6.77. The quantitative estimate of drug-likeness (QED) is 0.715. The van der Waals surface area contributed by atoms with E-state index in [-0.39, 0.29) is 0 Å². The van der Waals surface area contributed by atoms with E-state index in [2.05, 4.69) is 50.4 Å². The molecule has 2 aromatic rings. The molecule has 0 heterocycles. The van der Waals surface area contributed by atoms with Crippen molar-refractivity contribution in [1.29, 1.82) is 0 Å². The van der Waals surface area contributed by atoms with Gasteiger partial charge in [-0.05, 0) is 49.7 Å². The van der Waals surface area contributed by atoms with Gasteiger partial charge in [-0.3, -0.25) is 0 Å². The molecule has 3 heteroatoms. The maximum atomic E-state index is 6.06. The van der Waals surface area contributed by atoms with Crippen LogP contribution in [0, 0.1) is 13.8 Å². The highest BCUT2D eigenvalue weighted by Gasteiger charge is 2.13. The van der Waals surface area contributed by atoms with Crippen LogP contribution in [0.2, 0.25) is 5.02 Å². The Labute approximate surface area is 137 Å². The van der Waals surface area contributed by atoms with Gasteiger partial charge in [0.1, 0.15) is 0 Å². The van der Waals surface area contributed by atoms with Crippen LogP contribution in [0.1, 0.15) is 29.7 Å². The molecule has 1 atom stereocenters. The highest BCUT2D eigenvalue weighted by molar-refractivity contribution is 7.99. The predicted molar refractivity (Wildman–Crippen MR) is 94.5 cm³/mol. The smallest absolute Gasteiger partial charge is 0.0418 e. The summed E-state index contributed by atoms with van der Waals surface area (Å²) in [5.41, 5.74) is 4.05. The zero-order valence-electron chi connectivity index (χ0n) is 12.8. The van der Waals surface area contributed by atoms with Crippen LogP contribution in [0.15, 0.2) is 47.4 Å². The molecular formula is C18H22ClNS. The first-order chi connectivity index (χ1) is 10.1. The minimum atomic E-state index is 0.360. The van der Waals surface area contributed by atoms with Crippen LogP contribution < -0.4 is 5.32 Å². The first-order valence-corrected chi connectivity index (χ1v) is 8.65. The Kier molecular flexibility index (Phi) is 6.16. The third-order valence-electron chi connectivity index (χ3n) is 3.47. The lowest BCUT2D eigenvalue weighted by atomic mass is 10.00. The molecule has 0 aromatic heterocycles. The molecule has 0 radical (unpaired) electrons. The Morgan fingerprint density at radius 2 is 1.95 bits per heavy atom. The largest absolute Gasteiger partial charge is 0.309 e. The summed E-state index contributed by atoms with van der Waals surface area (Å²) >= 11 is 7.90. The van der Waals surface area contributed by atoms with Crippen molar-refractivity contribution >= 4 is 23.4 Å². The number of rotatable bonds is 6. The number of halogens is 1. The predicted octanol–water partition coefficient (Wildman–Crippen LogP) is 5.40. The zero-order chi connectivity index (χ0) is 15.2. The Hall–Kier alpha value is -0.960. The molecular weight excluding hydrogens is 298 g/mol. The molecule has 0 aliphatic rings. The lowest BCUT2D eigenvalue weighted by Crippen LogP contribution is -2.23. The first kappa shape index (κ1) is 16.4. The molecule has 0 aliphatic heterocycles. The molecule has 2 aromatic carbocycles. The highest BCUT2D eigenvalue weighted by Crippen LogP contribution is 2.28. The maximum absolute atomic E-state index is 6.06. The average molecular weight is 320 g/mol. The van der Waals surface area contributed by atoms with Crippen LogP contribution in [0.4, 0.5) is 0 Å². The third kappa shape index (κ3) is 4.77. The summed E-state index contributed by atoms with van der Waals surface area (Å²) in [6.45, 7) is 7.45. The highest BCUT2D eigenvalue weighted by atomic mass is 35.5. The van der Waals surface area contributed by atoms with E-state index >= 15 is 0 Å². The molecule has 112 valence electrons. The average Bonchev–Trinajstić information content (AvgIpc) is 2.46. The Morgan fingerprint density at radius 3 is 2.67 bits per heavy atom. The van der Waals surface area contributed by atoms with E-state index in [1.807, 2.05) is 30.0 Å². The Balaban J connectivity index is 2.13. The number of nitrogens with one attached hydrogen (secondary N) is 1. The van der Waals surface area contributed by atoms with Gasteiger partial charge in [0, 0.05) is 21.7 Å². The van der Waals surface area contributed by atoms with Crippen molar-refractivity contribution in [2.75, 3.05) is 12.3 Å². The molecule has 0 fully saturated rings. The van der Waals surface area contributed by atoms with Crippen molar-refractivity contribution in [3.8, 4) is 0 Å². The van der Waals surface area contributed by atoms with Crippen molar-refractivity contribution in [2.24, 2.45) is 0 Å². The van der Waals surface area contributed by atoms with Gasteiger partial charge in [-0.15, -0.1) is 11.8 Å². The van der Waals surface area contributed by atoms with Gasteiger partial charge in [-0.25, -0.2) is 0 Å². The van der Waals surface area contributed by atoms with Gasteiger partial charge in [0.15, 0.2) is 0 Å². The molecule has 0 amide bonds. The van der Waals surface area contributed by atoms with E-state index < -0.39 is 0 Å². The summed E-state index contributed by atoms with van der Waals surface area (Å²) in [5, 5.41) is 4.40. The van der Waals surface area contributed by atoms with Crippen molar-refractivity contribution < 1.29 is 0 Å². The Morgan fingerprint density at radius 1 is 1.14 bits per heavy atom. The summed E-state index contributed by atoms with van der Waals surface area (Å²) in [4.78, 5) is 1.22. The molecule has 21 heavy (non-hydrogen) atoms. The minimum Gasteiger partial charge on any atom is -0.309 e. The van der Waals surface area contributed by atoms with Gasteiger partial charge >= 0.3 is 0 Å². The molecule has 0 saturated heterocycles. The first-order valence-electron chi connectivity index (χ1n) is 7.29. The van der Waals surface area contributed by atoms with Crippen LogP contribution in [0.5, 0.6) is 0 Å². The standard InChI is InChI=1S/C18H22ClNS/c1-4-20-18(17-10-13(2)8-9-14(17)3)12-21-16-7-5-6-15(19)11-16/h5-11,18,20H,4,12H2,1-3H3. The summed E-state index contributed by atoms with van der Waals surface area (Å²) in [6.07, 6.45) is 0. The van der Waals surface area contributed by atoms with Crippen LogP contribution >= 0.6 is 23.4 Å². The third-order valence-corrected chi connectivity index (χ3v) is 4.80. The summed E-state index contributed by atoms with van der Waals surface area (Å²) < 4.78 is 0. The fraction of sp³-hybridized carbons (Fsp3) is 0.333. The SMILES string of the molecule is CCNC(CSc1cccc(Cl)c1)c1cc(C)ccc1C. The van der Waals surface area contributed by atoms with E-state index in [0.717, 1.165) is 17.3 Å². The lowest BCUT2D eigenvalue weighted by molar-refractivity contribution is 0.603. The van der Waals surface area contributed by atoms with Gasteiger partial charge in [0.25, 0.3) is 0 Å². The fourth-order valence-electron chi connectivity index (χ4n) is 2.38. The van der Waals surface area contributed by atoms with Crippen LogP contribution in [0.3, 0.4) is 0 Å². The Bertz CT molecular complexity index is 598. The van der Waals surface area contributed by atoms with Crippen molar-refractivity contribution in [1.82, 2.24) is 5.32 Å². The van der Waals surface area contributed by atoms with E-state index in [1.54, 1.807) is 0 Å². The van der Waals surface area contributed by atoms with E-state index in [4.69, 9.17) is 11.6 Å². The number of thioether (sulfide) groups is 1. The molecule has 0 aliphatic carbocycles. The number of benzene rings is 2. The molecule has 1 nitrogen and oxygen atoms in total. The summed E-state index contributed by atoms with van der Waals surface area (Å²) in [5.74, 6) is 0.998. The lowest BCUT2D eigenvalue weighted by Gasteiger charge is -2.20. The van der Waals surface area contributed by atoms with Gasteiger partial charge in [-0.1, -0.05) is 48.4 Å². The van der Waals surface area contributed by atoms with Gasteiger partial charge in [0.05, 0.1) is 0 Å². The molecule has 1 N–H and O–H groups in total. The number of aryl methyl sites for hydroxylation is 2. The number of hydrogen-bond donors (Lipinski definition) is 1. The van der Waals surface area contributed by atoms with Crippen LogP contribution in [-0.2, 0) is 0 Å².